The van der Waals surface area contributed by atoms with Gasteiger partial charge in [-0.25, -0.2) is 9.48 Å². The van der Waals surface area contributed by atoms with Crippen LogP contribution >= 0.6 is 11.3 Å². The van der Waals surface area contributed by atoms with E-state index in [1.165, 1.54) is 0 Å². The van der Waals surface area contributed by atoms with Crippen molar-refractivity contribution in [1.82, 2.24) is 25.3 Å². The summed E-state index contributed by atoms with van der Waals surface area (Å²) in [6.45, 7) is 0. The average Bonchev–Trinajstić information content (AvgIpc) is 3.55. The highest BCUT2D eigenvalue weighted by molar-refractivity contribution is 7.13. The largest absolute Gasteiger partial charge is 0.478 e. The molecule has 0 atom stereocenters. The summed E-state index contributed by atoms with van der Waals surface area (Å²) in [6, 6.07) is 6.86. The van der Waals surface area contributed by atoms with Crippen molar-refractivity contribution < 1.29 is 14.7 Å². The van der Waals surface area contributed by atoms with Gasteiger partial charge in [0, 0.05) is 18.2 Å². The van der Waals surface area contributed by atoms with Crippen LogP contribution < -0.4 is 5.32 Å². The van der Waals surface area contributed by atoms with Crippen LogP contribution in [0.1, 0.15) is 54.4 Å². The van der Waals surface area contributed by atoms with Crippen molar-refractivity contribution in [3.05, 3.63) is 53.3 Å². The number of nitrogens with zero attached hydrogens (tertiary/aromatic N) is 4. The summed E-state index contributed by atoms with van der Waals surface area (Å²) >= 11 is 1.54. The molecule has 2 N–H and O–H groups in total. The molecule has 2 saturated carbocycles. The Morgan fingerprint density at radius 1 is 1.19 bits per heavy atom. The number of aromatic carboxylic acids is 1. The molecule has 0 saturated heterocycles. The lowest BCUT2D eigenvalue weighted by atomic mass is 9.91. The van der Waals surface area contributed by atoms with E-state index in [4.69, 9.17) is 0 Å². The number of benzene rings is 1. The number of carbonyl (C=O) groups is 2. The van der Waals surface area contributed by atoms with Crippen LogP contribution in [-0.4, -0.2) is 42.5 Å². The van der Waals surface area contributed by atoms with Crippen molar-refractivity contribution >= 4 is 23.2 Å². The Morgan fingerprint density at radius 3 is 2.74 bits per heavy atom. The van der Waals surface area contributed by atoms with Crippen LogP contribution in [0.4, 0.5) is 0 Å². The predicted octanol–water partition coefficient (Wildman–Crippen LogP) is 3.26. The zero-order valence-electron chi connectivity index (χ0n) is 17.0. The van der Waals surface area contributed by atoms with Crippen molar-refractivity contribution in [3.8, 4) is 10.6 Å². The van der Waals surface area contributed by atoms with Crippen molar-refractivity contribution in [2.45, 2.75) is 56.0 Å². The molecular weight excluding hydrogens is 414 g/mol. The Balaban J connectivity index is 1.24. The summed E-state index contributed by atoms with van der Waals surface area (Å²) in [5.41, 5.74) is 3.26. The average molecular weight is 438 g/mol. The van der Waals surface area contributed by atoms with E-state index in [1.807, 2.05) is 10.9 Å². The number of hydrogen-bond acceptors (Lipinski definition) is 6. The third kappa shape index (κ3) is 3.63. The van der Waals surface area contributed by atoms with Gasteiger partial charge in [0.25, 0.3) is 0 Å². The lowest BCUT2D eigenvalue weighted by Crippen LogP contribution is -2.45. The minimum absolute atomic E-state index is 0.0261. The quantitative estimate of drug-likeness (QED) is 0.587. The molecule has 8 nitrogen and oxygen atoms in total. The van der Waals surface area contributed by atoms with E-state index >= 15 is 0 Å². The lowest BCUT2D eigenvalue weighted by Gasteiger charge is -2.28. The van der Waals surface area contributed by atoms with Crippen LogP contribution in [0.5, 0.6) is 0 Å². The number of thiazole rings is 1. The SMILES string of the molecule is O=C(CCc1ccccc1C(=O)O)NC12CCC(n3cc(-c4cncs4)nn3)(CC1)C2. The summed E-state index contributed by atoms with van der Waals surface area (Å²) in [4.78, 5) is 29.2. The van der Waals surface area contributed by atoms with E-state index in [2.05, 4.69) is 20.6 Å². The molecule has 2 bridgehead atoms. The first-order chi connectivity index (χ1) is 15.0. The maximum absolute atomic E-state index is 12.7. The van der Waals surface area contributed by atoms with Gasteiger partial charge in [-0.1, -0.05) is 23.4 Å². The van der Waals surface area contributed by atoms with E-state index in [0.29, 0.717) is 12.0 Å². The molecule has 2 heterocycles. The summed E-state index contributed by atoms with van der Waals surface area (Å²) in [7, 11) is 0. The monoisotopic (exact) mass is 437 g/mol. The number of rotatable bonds is 7. The van der Waals surface area contributed by atoms with Crippen LogP contribution in [0, 0.1) is 0 Å². The van der Waals surface area contributed by atoms with Gasteiger partial charge in [-0.05, 0) is 50.2 Å². The van der Waals surface area contributed by atoms with Crippen LogP contribution in [0.2, 0.25) is 0 Å². The van der Waals surface area contributed by atoms with E-state index < -0.39 is 5.97 Å². The molecule has 2 aliphatic carbocycles. The molecule has 1 amide bonds. The number of carbonyl (C=O) groups excluding carboxylic acids is 1. The predicted molar refractivity (Wildman–Crippen MR) is 115 cm³/mol. The molecular formula is C22H23N5O3S. The fourth-order valence-electron chi connectivity index (χ4n) is 5.16. The van der Waals surface area contributed by atoms with E-state index in [-0.39, 0.29) is 29.0 Å². The van der Waals surface area contributed by atoms with Gasteiger partial charge >= 0.3 is 5.97 Å². The highest BCUT2D eigenvalue weighted by Gasteiger charge is 2.56. The number of nitrogens with one attached hydrogen (secondary N) is 1. The Morgan fingerprint density at radius 2 is 2.00 bits per heavy atom. The molecule has 0 radical (unpaired) electrons. The van der Waals surface area contributed by atoms with E-state index in [0.717, 1.165) is 42.7 Å². The lowest BCUT2D eigenvalue weighted by molar-refractivity contribution is -0.122. The first-order valence-corrected chi connectivity index (χ1v) is 11.3. The van der Waals surface area contributed by atoms with Gasteiger partial charge in [0.2, 0.25) is 5.91 Å². The molecule has 9 heteroatoms. The minimum atomic E-state index is -0.962. The summed E-state index contributed by atoms with van der Waals surface area (Å²) in [5.74, 6) is -0.988. The van der Waals surface area contributed by atoms with Crippen LogP contribution in [0.25, 0.3) is 10.6 Å². The number of aromatic nitrogens is 4. The van der Waals surface area contributed by atoms with E-state index in [1.54, 1.807) is 47.3 Å². The summed E-state index contributed by atoms with van der Waals surface area (Å²) in [6.07, 6.45) is 9.09. The number of carboxylic acid groups (broad SMARTS) is 1. The Hall–Kier alpha value is -3.07. The number of hydrogen-bond donors (Lipinski definition) is 2. The van der Waals surface area contributed by atoms with Crippen LogP contribution in [0.3, 0.4) is 0 Å². The molecule has 0 unspecified atom stereocenters. The van der Waals surface area contributed by atoms with Crippen molar-refractivity contribution in [1.29, 1.82) is 0 Å². The number of amides is 1. The molecule has 1 aromatic carbocycles. The second-order valence-corrected chi connectivity index (χ2v) is 9.49. The molecule has 31 heavy (non-hydrogen) atoms. The van der Waals surface area contributed by atoms with Gasteiger partial charge in [0.15, 0.2) is 0 Å². The fourth-order valence-corrected chi connectivity index (χ4v) is 5.73. The topological polar surface area (TPSA) is 110 Å². The third-order valence-corrected chi connectivity index (χ3v) is 7.54. The molecule has 2 aromatic heterocycles. The number of aryl methyl sites for hydroxylation is 1. The molecule has 5 rings (SSSR count). The van der Waals surface area contributed by atoms with Crippen molar-refractivity contribution in [2.24, 2.45) is 0 Å². The van der Waals surface area contributed by atoms with Crippen LogP contribution in [0.15, 0.2) is 42.2 Å². The zero-order chi connectivity index (χ0) is 21.5. The molecule has 0 spiro atoms. The third-order valence-electron chi connectivity index (χ3n) is 6.74. The Kier molecular flexibility index (Phi) is 4.85. The normalized spacial score (nSPS) is 24.4. The van der Waals surface area contributed by atoms with E-state index in [9.17, 15) is 14.7 Å². The minimum Gasteiger partial charge on any atom is -0.478 e. The van der Waals surface area contributed by atoms with Crippen LogP contribution in [-0.2, 0) is 16.8 Å². The number of carboxylic acids is 1. The highest BCUT2D eigenvalue weighted by Crippen LogP contribution is 2.54. The van der Waals surface area contributed by atoms with Gasteiger partial charge in [-0.15, -0.1) is 16.4 Å². The second-order valence-electron chi connectivity index (χ2n) is 8.61. The molecule has 2 aliphatic rings. The molecule has 2 fully saturated rings. The Bertz CT molecular complexity index is 1120. The smallest absolute Gasteiger partial charge is 0.335 e. The first-order valence-electron chi connectivity index (χ1n) is 10.4. The van der Waals surface area contributed by atoms with Gasteiger partial charge < -0.3 is 10.4 Å². The fraction of sp³-hybridized carbons (Fsp3) is 0.409. The summed E-state index contributed by atoms with van der Waals surface area (Å²) < 4.78 is 1.99. The second kappa shape index (κ2) is 7.56. The van der Waals surface area contributed by atoms with Gasteiger partial charge in [-0.3, -0.25) is 9.78 Å². The van der Waals surface area contributed by atoms with Gasteiger partial charge in [-0.2, -0.15) is 0 Å². The Labute approximate surface area is 183 Å². The molecule has 0 aliphatic heterocycles. The van der Waals surface area contributed by atoms with Gasteiger partial charge in [0.05, 0.1) is 27.7 Å². The maximum Gasteiger partial charge on any atom is 0.335 e. The molecule has 160 valence electrons. The zero-order valence-corrected chi connectivity index (χ0v) is 17.8. The van der Waals surface area contributed by atoms with Crippen molar-refractivity contribution in [2.75, 3.05) is 0 Å². The maximum atomic E-state index is 12.7. The highest BCUT2D eigenvalue weighted by atomic mass is 32.1. The van der Waals surface area contributed by atoms with Crippen molar-refractivity contribution in [3.63, 3.8) is 0 Å². The first kappa shape index (κ1) is 19.9. The molecule has 3 aromatic rings. The number of fused-ring (bicyclic) bond motifs is 2. The van der Waals surface area contributed by atoms with Gasteiger partial charge in [0.1, 0.15) is 5.69 Å². The summed E-state index contributed by atoms with van der Waals surface area (Å²) in [5, 5.41) is 21.3. The standard InChI is InChI=1S/C22H23N5O3S/c28-19(6-5-15-3-1-2-4-16(15)20(29)30)24-21-7-9-22(13-21,10-8-21)27-12-17(25-26-27)18-11-23-14-31-18/h1-4,11-12,14H,5-10,13H2,(H,24,28)(H,29,30).